The molecular formula is C20H29N5O3S. The van der Waals surface area contributed by atoms with E-state index in [1.54, 1.807) is 11.3 Å². The highest BCUT2D eigenvalue weighted by molar-refractivity contribution is 7.13. The molecule has 4 rings (SSSR count). The zero-order valence-electron chi connectivity index (χ0n) is 16.7. The number of ether oxygens (including phenoxy) is 1. The van der Waals surface area contributed by atoms with Crippen molar-refractivity contribution in [2.24, 2.45) is 0 Å². The van der Waals surface area contributed by atoms with Crippen molar-refractivity contribution in [1.82, 2.24) is 25.3 Å². The second-order valence-electron chi connectivity index (χ2n) is 7.65. The van der Waals surface area contributed by atoms with E-state index in [1.807, 2.05) is 17.5 Å². The summed E-state index contributed by atoms with van der Waals surface area (Å²) in [7, 11) is 0. The first-order valence-electron chi connectivity index (χ1n) is 10.5. The maximum Gasteiger partial charge on any atom is 0.234 e. The summed E-state index contributed by atoms with van der Waals surface area (Å²) in [6.45, 7) is 6.79. The Morgan fingerprint density at radius 1 is 1.28 bits per heavy atom. The highest BCUT2D eigenvalue weighted by Gasteiger charge is 2.20. The van der Waals surface area contributed by atoms with Crippen LogP contribution in [-0.4, -0.2) is 84.4 Å². The lowest BCUT2D eigenvalue weighted by atomic mass is 10.2. The highest BCUT2D eigenvalue weighted by atomic mass is 32.1. The minimum atomic E-state index is 0.104. The van der Waals surface area contributed by atoms with E-state index in [1.165, 1.54) is 0 Å². The minimum absolute atomic E-state index is 0.104. The van der Waals surface area contributed by atoms with Gasteiger partial charge in [-0.25, -0.2) is 0 Å². The predicted octanol–water partition coefficient (Wildman–Crippen LogP) is 1.64. The van der Waals surface area contributed by atoms with Gasteiger partial charge in [0.25, 0.3) is 0 Å². The number of amides is 1. The van der Waals surface area contributed by atoms with E-state index >= 15 is 0 Å². The molecule has 2 aliphatic heterocycles. The highest BCUT2D eigenvalue weighted by Crippen LogP contribution is 2.21. The number of aryl methyl sites for hydroxylation is 1. The molecule has 1 amide bonds. The van der Waals surface area contributed by atoms with E-state index in [0.717, 1.165) is 69.9 Å². The van der Waals surface area contributed by atoms with Crippen molar-refractivity contribution in [3.63, 3.8) is 0 Å². The van der Waals surface area contributed by atoms with E-state index in [-0.39, 0.29) is 12.0 Å². The van der Waals surface area contributed by atoms with Crippen LogP contribution in [0.25, 0.3) is 10.7 Å². The molecule has 2 fully saturated rings. The number of piperazine rings is 1. The molecule has 1 atom stereocenters. The van der Waals surface area contributed by atoms with Gasteiger partial charge in [-0.15, -0.1) is 11.3 Å². The van der Waals surface area contributed by atoms with Crippen LogP contribution in [0, 0.1) is 0 Å². The van der Waals surface area contributed by atoms with Crippen LogP contribution in [0.3, 0.4) is 0 Å². The van der Waals surface area contributed by atoms with Gasteiger partial charge >= 0.3 is 0 Å². The Bertz CT molecular complexity index is 752. The second-order valence-corrected chi connectivity index (χ2v) is 8.60. The first-order chi connectivity index (χ1) is 14.3. The monoisotopic (exact) mass is 419 g/mol. The van der Waals surface area contributed by atoms with Gasteiger partial charge in [-0.05, 0) is 37.3 Å². The summed E-state index contributed by atoms with van der Waals surface area (Å²) in [5.74, 6) is 1.49. The van der Waals surface area contributed by atoms with Crippen molar-refractivity contribution in [1.29, 1.82) is 0 Å². The number of thiophene rings is 1. The molecule has 0 radical (unpaired) electrons. The lowest BCUT2D eigenvalue weighted by Gasteiger charge is -2.34. The first-order valence-corrected chi connectivity index (χ1v) is 11.3. The van der Waals surface area contributed by atoms with Gasteiger partial charge in [-0.1, -0.05) is 11.2 Å². The van der Waals surface area contributed by atoms with Crippen LogP contribution in [0.1, 0.15) is 25.2 Å². The zero-order chi connectivity index (χ0) is 19.9. The van der Waals surface area contributed by atoms with Gasteiger partial charge < -0.3 is 19.5 Å². The van der Waals surface area contributed by atoms with Crippen LogP contribution in [-0.2, 0) is 16.0 Å². The molecule has 8 nitrogen and oxygen atoms in total. The first kappa shape index (κ1) is 20.5. The maximum absolute atomic E-state index is 12.1. The molecule has 29 heavy (non-hydrogen) atoms. The van der Waals surface area contributed by atoms with Crippen LogP contribution >= 0.6 is 11.3 Å². The van der Waals surface area contributed by atoms with Gasteiger partial charge in [0.2, 0.25) is 17.6 Å². The Kier molecular flexibility index (Phi) is 7.26. The molecule has 2 aromatic rings. The van der Waals surface area contributed by atoms with Crippen LogP contribution in [0.2, 0.25) is 0 Å². The Labute approximate surface area is 175 Å². The van der Waals surface area contributed by atoms with Gasteiger partial charge in [0.1, 0.15) is 0 Å². The summed E-state index contributed by atoms with van der Waals surface area (Å²) in [6.07, 6.45) is 4.15. The van der Waals surface area contributed by atoms with E-state index < -0.39 is 0 Å². The van der Waals surface area contributed by atoms with E-state index in [9.17, 15) is 4.79 Å². The molecule has 0 bridgehead atoms. The summed E-state index contributed by atoms with van der Waals surface area (Å²) < 4.78 is 10.9. The van der Waals surface area contributed by atoms with Gasteiger partial charge in [0.15, 0.2) is 0 Å². The molecule has 2 aromatic heterocycles. The molecule has 0 spiro atoms. The topological polar surface area (TPSA) is 83.7 Å². The van der Waals surface area contributed by atoms with Crippen molar-refractivity contribution < 1.29 is 14.1 Å². The molecule has 4 heterocycles. The lowest BCUT2D eigenvalue weighted by molar-refractivity contribution is -0.123. The van der Waals surface area contributed by atoms with Crippen LogP contribution < -0.4 is 5.32 Å². The number of rotatable bonds is 9. The number of hydrogen-bond donors (Lipinski definition) is 1. The molecule has 1 N–H and O–H groups in total. The van der Waals surface area contributed by atoms with Gasteiger partial charge in [0, 0.05) is 45.8 Å². The van der Waals surface area contributed by atoms with Crippen molar-refractivity contribution in [3.8, 4) is 10.7 Å². The summed E-state index contributed by atoms with van der Waals surface area (Å²) >= 11 is 1.62. The molecule has 158 valence electrons. The van der Waals surface area contributed by atoms with Gasteiger partial charge in [-0.2, -0.15) is 4.98 Å². The molecule has 1 unspecified atom stereocenters. The van der Waals surface area contributed by atoms with E-state index in [2.05, 4.69) is 25.3 Å². The number of nitrogens with zero attached hydrogens (tertiary/aromatic N) is 4. The summed E-state index contributed by atoms with van der Waals surface area (Å²) in [4.78, 5) is 22.3. The van der Waals surface area contributed by atoms with E-state index in [4.69, 9.17) is 9.26 Å². The molecule has 9 heteroatoms. The molecule has 2 aliphatic rings. The maximum atomic E-state index is 12.1. The van der Waals surface area contributed by atoms with Gasteiger partial charge in [-0.3, -0.25) is 9.69 Å². The fourth-order valence-electron chi connectivity index (χ4n) is 3.78. The number of nitrogens with one attached hydrogen (secondary N) is 1. The molecule has 0 aromatic carbocycles. The summed E-state index contributed by atoms with van der Waals surface area (Å²) in [5.41, 5.74) is 0. The second kappa shape index (κ2) is 10.3. The third-order valence-corrected chi connectivity index (χ3v) is 6.32. The average molecular weight is 420 g/mol. The summed E-state index contributed by atoms with van der Waals surface area (Å²) in [5, 5.41) is 9.08. The van der Waals surface area contributed by atoms with Crippen molar-refractivity contribution in [3.05, 3.63) is 23.4 Å². The third-order valence-electron chi connectivity index (χ3n) is 5.46. The number of carbonyl (C=O) groups is 1. The standard InChI is InChI=1S/C20H29N5O3S/c26-18(21-14-16-4-2-12-27-16)15-25-10-8-24(9-11-25)7-1-6-19-22-20(23-28-19)17-5-3-13-29-17/h3,5,13,16H,1-2,4,6-12,14-15H2,(H,21,26). The predicted molar refractivity (Wildman–Crippen MR) is 111 cm³/mol. The molecule has 0 saturated carbocycles. The summed E-state index contributed by atoms with van der Waals surface area (Å²) in [6, 6.07) is 3.99. The quantitative estimate of drug-likeness (QED) is 0.661. The fourth-order valence-corrected chi connectivity index (χ4v) is 4.43. The van der Waals surface area contributed by atoms with E-state index in [0.29, 0.717) is 24.8 Å². The number of hydrogen-bond acceptors (Lipinski definition) is 8. The number of aromatic nitrogens is 2. The average Bonchev–Trinajstić information content (AvgIpc) is 3.49. The lowest BCUT2D eigenvalue weighted by Crippen LogP contribution is -2.50. The van der Waals surface area contributed by atoms with Crippen LogP contribution in [0.5, 0.6) is 0 Å². The Morgan fingerprint density at radius 2 is 2.14 bits per heavy atom. The third kappa shape index (κ3) is 6.08. The number of carbonyl (C=O) groups excluding carboxylic acids is 1. The van der Waals surface area contributed by atoms with Gasteiger partial charge in [0.05, 0.1) is 17.5 Å². The van der Waals surface area contributed by atoms with Crippen molar-refractivity contribution in [2.45, 2.75) is 31.8 Å². The van der Waals surface area contributed by atoms with Crippen molar-refractivity contribution in [2.75, 3.05) is 52.4 Å². The fraction of sp³-hybridized carbons (Fsp3) is 0.650. The Hall–Kier alpha value is -1.81. The minimum Gasteiger partial charge on any atom is -0.376 e. The molecule has 2 saturated heterocycles. The Balaban J connectivity index is 1.09. The smallest absolute Gasteiger partial charge is 0.234 e. The Morgan fingerprint density at radius 3 is 2.90 bits per heavy atom. The van der Waals surface area contributed by atoms with Crippen LogP contribution in [0.4, 0.5) is 0 Å². The van der Waals surface area contributed by atoms with Crippen molar-refractivity contribution >= 4 is 17.2 Å². The molecular weight excluding hydrogens is 390 g/mol. The zero-order valence-corrected chi connectivity index (χ0v) is 17.5. The van der Waals surface area contributed by atoms with Crippen LogP contribution in [0.15, 0.2) is 22.0 Å². The molecule has 0 aliphatic carbocycles. The SMILES string of the molecule is O=C(CN1CCN(CCCc2nc(-c3cccs3)no2)CC1)NCC1CCCO1. The largest absolute Gasteiger partial charge is 0.376 e. The normalized spacial score (nSPS) is 20.9.